The van der Waals surface area contributed by atoms with Gasteiger partial charge in [0, 0.05) is 12.6 Å². The van der Waals surface area contributed by atoms with Gasteiger partial charge in [-0.2, -0.15) is 0 Å². The predicted molar refractivity (Wildman–Crippen MR) is 79.7 cm³/mol. The zero-order valence-electron chi connectivity index (χ0n) is 13.7. The van der Waals surface area contributed by atoms with Gasteiger partial charge in [0.2, 0.25) is 0 Å². The first kappa shape index (κ1) is 17.8. The minimum absolute atomic E-state index is 0.00518. The smallest absolute Gasteiger partial charge is 0.409 e. The van der Waals surface area contributed by atoms with Gasteiger partial charge in [0.1, 0.15) is 6.04 Å². The molecule has 1 fully saturated rings. The zero-order chi connectivity index (χ0) is 16.2. The number of piperidine rings is 1. The summed E-state index contributed by atoms with van der Waals surface area (Å²) in [5.74, 6) is -0.246. The fourth-order valence-corrected chi connectivity index (χ4v) is 3.39. The zero-order valence-corrected chi connectivity index (χ0v) is 13.7. The van der Waals surface area contributed by atoms with Gasteiger partial charge in [-0.05, 0) is 30.6 Å². The molecule has 0 bridgehead atoms. The van der Waals surface area contributed by atoms with E-state index < -0.39 is 12.0 Å². The van der Waals surface area contributed by atoms with Crippen LogP contribution < -0.4 is 5.73 Å². The highest BCUT2D eigenvalue weighted by Gasteiger charge is 2.42. The lowest BCUT2D eigenvalue weighted by molar-refractivity contribution is -0.143. The van der Waals surface area contributed by atoms with E-state index in [1.165, 1.54) is 14.2 Å². The van der Waals surface area contributed by atoms with Crippen LogP contribution in [-0.4, -0.2) is 49.8 Å². The Hall–Kier alpha value is -1.30. The van der Waals surface area contributed by atoms with Gasteiger partial charge in [0.05, 0.1) is 14.2 Å². The van der Waals surface area contributed by atoms with Crippen molar-refractivity contribution in [2.24, 2.45) is 17.1 Å². The van der Waals surface area contributed by atoms with Crippen LogP contribution in [0.1, 0.15) is 40.0 Å². The maximum absolute atomic E-state index is 12.0. The number of hydrogen-bond acceptors (Lipinski definition) is 5. The SMILES string of the molecule is COC(=O)[C@@H](N)CC1CCCN(C(=O)OC)[C@@H]1C(C)(C)C. The molecule has 21 heavy (non-hydrogen) atoms. The fraction of sp³-hybridized carbons (Fsp3) is 0.867. The van der Waals surface area contributed by atoms with Gasteiger partial charge in [0.25, 0.3) is 0 Å². The first-order chi connectivity index (χ1) is 9.72. The number of carbonyl (C=O) groups excluding carboxylic acids is 2. The molecule has 1 unspecified atom stereocenters. The molecule has 0 saturated carbocycles. The number of carbonyl (C=O) groups is 2. The van der Waals surface area contributed by atoms with Crippen LogP contribution in [0.4, 0.5) is 4.79 Å². The summed E-state index contributed by atoms with van der Waals surface area (Å²) in [5, 5.41) is 0. The molecule has 1 rings (SSSR count). The van der Waals surface area contributed by atoms with E-state index in [1.807, 2.05) is 0 Å². The first-order valence-electron chi connectivity index (χ1n) is 7.40. The number of likely N-dealkylation sites (tertiary alicyclic amines) is 1. The number of nitrogens with zero attached hydrogens (tertiary/aromatic N) is 1. The van der Waals surface area contributed by atoms with Crippen LogP contribution in [0.2, 0.25) is 0 Å². The third-order valence-electron chi connectivity index (χ3n) is 4.11. The molecule has 122 valence electrons. The van der Waals surface area contributed by atoms with E-state index in [4.69, 9.17) is 15.2 Å². The van der Waals surface area contributed by atoms with Crippen molar-refractivity contribution >= 4 is 12.1 Å². The molecule has 1 aliphatic rings. The van der Waals surface area contributed by atoms with Crippen LogP contribution in [0.25, 0.3) is 0 Å². The van der Waals surface area contributed by atoms with Crippen molar-refractivity contribution in [2.45, 2.75) is 52.1 Å². The summed E-state index contributed by atoms with van der Waals surface area (Å²) in [6, 6.07) is -0.656. The van der Waals surface area contributed by atoms with E-state index in [-0.39, 0.29) is 23.5 Å². The lowest BCUT2D eigenvalue weighted by Gasteiger charge is -2.47. The second-order valence-corrected chi connectivity index (χ2v) is 6.74. The van der Waals surface area contributed by atoms with Gasteiger partial charge in [-0.15, -0.1) is 0 Å². The number of hydrogen-bond donors (Lipinski definition) is 1. The summed E-state index contributed by atoms with van der Waals surface area (Å²) in [7, 11) is 2.73. The van der Waals surface area contributed by atoms with E-state index in [2.05, 4.69) is 20.8 Å². The molecule has 3 atom stereocenters. The molecule has 1 amide bonds. The lowest BCUT2D eigenvalue weighted by atomic mass is 9.72. The normalized spacial score (nSPS) is 24.4. The van der Waals surface area contributed by atoms with Crippen LogP contribution in [0, 0.1) is 11.3 Å². The monoisotopic (exact) mass is 300 g/mol. The average Bonchev–Trinajstić information content (AvgIpc) is 2.43. The molecule has 0 spiro atoms. The number of esters is 1. The molecule has 6 heteroatoms. The second-order valence-electron chi connectivity index (χ2n) is 6.74. The lowest BCUT2D eigenvalue weighted by Crippen LogP contribution is -2.55. The molecule has 0 aromatic heterocycles. The van der Waals surface area contributed by atoms with E-state index in [9.17, 15) is 9.59 Å². The van der Waals surface area contributed by atoms with Gasteiger partial charge in [-0.3, -0.25) is 4.79 Å². The van der Waals surface area contributed by atoms with Crippen LogP contribution in [0.3, 0.4) is 0 Å². The second kappa shape index (κ2) is 7.11. The molecule has 1 saturated heterocycles. The first-order valence-corrected chi connectivity index (χ1v) is 7.40. The van der Waals surface area contributed by atoms with Gasteiger partial charge >= 0.3 is 12.1 Å². The molecular formula is C15H28N2O4. The maximum atomic E-state index is 12.0. The molecule has 2 N–H and O–H groups in total. The molecule has 0 aromatic rings. The molecular weight excluding hydrogens is 272 g/mol. The Morgan fingerprint density at radius 2 is 1.90 bits per heavy atom. The van der Waals surface area contributed by atoms with Crippen molar-refractivity contribution in [2.75, 3.05) is 20.8 Å². The van der Waals surface area contributed by atoms with Crippen molar-refractivity contribution in [1.29, 1.82) is 0 Å². The average molecular weight is 300 g/mol. The Morgan fingerprint density at radius 1 is 1.29 bits per heavy atom. The molecule has 1 heterocycles. The van der Waals surface area contributed by atoms with Crippen LogP contribution in [0.15, 0.2) is 0 Å². The predicted octanol–water partition coefficient (Wildman–Crippen LogP) is 1.77. The number of methoxy groups -OCH3 is 2. The fourth-order valence-electron chi connectivity index (χ4n) is 3.39. The van der Waals surface area contributed by atoms with E-state index in [1.54, 1.807) is 4.90 Å². The van der Waals surface area contributed by atoms with Crippen LogP contribution >= 0.6 is 0 Å². The third-order valence-corrected chi connectivity index (χ3v) is 4.11. The van der Waals surface area contributed by atoms with Crippen molar-refractivity contribution in [3.63, 3.8) is 0 Å². The third kappa shape index (κ3) is 4.33. The maximum Gasteiger partial charge on any atom is 0.409 e. The van der Waals surface area contributed by atoms with Crippen LogP contribution in [-0.2, 0) is 14.3 Å². The quantitative estimate of drug-likeness (QED) is 0.803. The standard InChI is InChI=1S/C15H28N2O4/c1-15(2,3)12-10(9-11(16)13(18)20-4)7-6-8-17(12)14(19)21-5/h10-12H,6-9,16H2,1-5H3/t10?,11-,12-/m0/s1. The summed E-state index contributed by atoms with van der Waals surface area (Å²) in [5.41, 5.74) is 5.79. The van der Waals surface area contributed by atoms with E-state index >= 15 is 0 Å². The van der Waals surface area contributed by atoms with Gasteiger partial charge in [-0.1, -0.05) is 20.8 Å². The Morgan fingerprint density at radius 3 is 2.38 bits per heavy atom. The molecule has 0 radical (unpaired) electrons. The molecule has 0 aromatic carbocycles. The molecule has 6 nitrogen and oxygen atoms in total. The highest BCUT2D eigenvalue weighted by molar-refractivity contribution is 5.75. The number of nitrogens with two attached hydrogens (primary N) is 1. The highest BCUT2D eigenvalue weighted by Crippen LogP contribution is 2.38. The summed E-state index contributed by atoms with van der Waals surface area (Å²) in [4.78, 5) is 25.4. The summed E-state index contributed by atoms with van der Waals surface area (Å²) in [6.07, 6.45) is 2.04. The largest absolute Gasteiger partial charge is 0.468 e. The van der Waals surface area contributed by atoms with Crippen molar-refractivity contribution in [3.05, 3.63) is 0 Å². The summed E-state index contributed by atoms with van der Waals surface area (Å²) >= 11 is 0. The topological polar surface area (TPSA) is 81.9 Å². The number of amides is 1. The van der Waals surface area contributed by atoms with Gasteiger partial charge < -0.3 is 20.1 Å². The van der Waals surface area contributed by atoms with Gasteiger partial charge in [0.15, 0.2) is 0 Å². The molecule has 1 aliphatic heterocycles. The minimum Gasteiger partial charge on any atom is -0.468 e. The Balaban J connectivity index is 2.94. The van der Waals surface area contributed by atoms with Crippen molar-refractivity contribution < 1.29 is 19.1 Å². The van der Waals surface area contributed by atoms with Gasteiger partial charge in [-0.25, -0.2) is 4.79 Å². The van der Waals surface area contributed by atoms with Crippen LogP contribution in [0.5, 0.6) is 0 Å². The van der Waals surface area contributed by atoms with E-state index in [0.717, 1.165) is 12.8 Å². The Labute approximate surface area is 126 Å². The van der Waals surface area contributed by atoms with E-state index in [0.29, 0.717) is 13.0 Å². The van der Waals surface area contributed by atoms with Crippen molar-refractivity contribution in [1.82, 2.24) is 4.90 Å². The Kier molecular flexibility index (Phi) is 6.01. The number of rotatable bonds is 3. The number of ether oxygens (including phenoxy) is 2. The highest BCUT2D eigenvalue weighted by atomic mass is 16.5. The molecule has 0 aliphatic carbocycles. The van der Waals surface area contributed by atoms with Crippen molar-refractivity contribution in [3.8, 4) is 0 Å². The summed E-state index contributed by atoms with van der Waals surface area (Å²) < 4.78 is 9.60. The Bertz CT molecular complexity index is 378. The minimum atomic E-state index is -0.651. The summed E-state index contributed by atoms with van der Waals surface area (Å²) in [6.45, 7) is 6.96.